The molecule has 0 aromatic heterocycles. The van der Waals surface area contributed by atoms with Gasteiger partial charge in [-0.25, -0.2) is 0 Å². The second kappa shape index (κ2) is 7.31. The van der Waals surface area contributed by atoms with Gasteiger partial charge in [0.05, 0.1) is 6.04 Å². The minimum atomic E-state index is 0.0571. The van der Waals surface area contributed by atoms with Crippen LogP contribution in [-0.2, 0) is 4.79 Å². The van der Waals surface area contributed by atoms with Crippen molar-refractivity contribution in [3.8, 4) is 0 Å². The van der Waals surface area contributed by atoms with Gasteiger partial charge in [-0.1, -0.05) is 19.8 Å². The highest BCUT2D eigenvalue weighted by Gasteiger charge is 2.38. The van der Waals surface area contributed by atoms with Gasteiger partial charge in [0, 0.05) is 18.6 Å². The second-order valence-electron chi connectivity index (χ2n) is 7.92. The molecule has 126 valence electrons. The van der Waals surface area contributed by atoms with Crippen molar-refractivity contribution in [3.63, 3.8) is 0 Å². The average Bonchev–Trinajstić information content (AvgIpc) is 2.97. The predicted molar refractivity (Wildman–Crippen MR) is 89.7 cm³/mol. The Morgan fingerprint density at radius 2 is 1.95 bits per heavy atom. The molecular formula is C18H33N3O. The number of carbonyl (C=O) groups is 1. The molecule has 1 saturated carbocycles. The molecule has 4 unspecified atom stereocenters. The summed E-state index contributed by atoms with van der Waals surface area (Å²) in [5.41, 5.74) is 0. The topological polar surface area (TPSA) is 44.4 Å². The first-order valence-corrected chi connectivity index (χ1v) is 9.41. The minimum absolute atomic E-state index is 0.0571. The molecule has 2 heterocycles. The van der Waals surface area contributed by atoms with E-state index in [2.05, 4.69) is 29.4 Å². The highest BCUT2D eigenvalue weighted by atomic mass is 16.2. The van der Waals surface area contributed by atoms with Crippen LogP contribution in [0.25, 0.3) is 0 Å². The van der Waals surface area contributed by atoms with E-state index in [1.54, 1.807) is 0 Å². The number of piperidine rings is 1. The van der Waals surface area contributed by atoms with Gasteiger partial charge < -0.3 is 10.6 Å². The fourth-order valence-electron chi connectivity index (χ4n) is 4.49. The summed E-state index contributed by atoms with van der Waals surface area (Å²) < 4.78 is 0. The number of nitrogens with one attached hydrogen (secondary N) is 2. The third-order valence-corrected chi connectivity index (χ3v) is 6.19. The maximum absolute atomic E-state index is 12.4. The van der Waals surface area contributed by atoms with Crippen LogP contribution < -0.4 is 10.6 Å². The number of nitrogens with zero attached hydrogens (tertiary/aromatic N) is 1. The normalized spacial score (nSPS) is 35.1. The summed E-state index contributed by atoms with van der Waals surface area (Å²) in [6.07, 6.45) is 8.89. The number of carbonyl (C=O) groups excluding carboxylic acids is 1. The van der Waals surface area contributed by atoms with Gasteiger partial charge >= 0.3 is 0 Å². The molecule has 1 aliphatic carbocycles. The van der Waals surface area contributed by atoms with Gasteiger partial charge in [0.2, 0.25) is 5.91 Å². The fourth-order valence-corrected chi connectivity index (χ4v) is 4.49. The molecule has 3 rings (SSSR count). The van der Waals surface area contributed by atoms with Crippen LogP contribution in [0, 0.1) is 11.8 Å². The second-order valence-corrected chi connectivity index (χ2v) is 7.92. The van der Waals surface area contributed by atoms with Crippen LogP contribution >= 0.6 is 0 Å². The highest BCUT2D eigenvalue weighted by molar-refractivity contribution is 5.82. The van der Waals surface area contributed by atoms with E-state index in [1.165, 1.54) is 51.6 Å². The van der Waals surface area contributed by atoms with Crippen molar-refractivity contribution < 1.29 is 4.79 Å². The molecule has 0 radical (unpaired) electrons. The van der Waals surface area contributed by atoms with Crippen molar-refractivity contribution in [2.75, 3.05) is 19.6 Å². The lowest BCUT2D eigenvalue weighted by atomic mass is 9.85. The number of hydrogen-bond donors (Lipinski definition) is 2. The van der Waals surface area contributed by atoms with Crippen LogP contribution in [0.2, 0.25) is 0 Å². The Labute approximate surface area is 135 Å². The summed E-state index contributed by atoms with van der Waals surface area (Å²) in [7, 11) is 0. The molecule has 4 heteroatoms. The summed E-state index contributed by atoms with van der Waals surface area (Å²) in [6, 6.07) is 1.12. The summed E-state index contributed by atoms with van der Waals surface area (Å²) >= 11 is 0. The van der Waals surface area contributed by atoms with Crippen molar-refractivity contribution in [1.29, 1.82) is 0 Å². The molecule has 0 aromatic carbocycles. The van der Waals surface area contributed by atoms with Crippen molar-refractivity contribution in [2.24, 2.45) is 11.8 Å². The molecular weight excluding hydrogens is 274 g/mol. The molecule has 22 heavy (non-hydrogen) atoms. The van der Waals surface area contributed by atoms with Gasteiger partial charge in [-0.3, -0.25) is 9.69 Å². The summed E-state index contributed by atoms with van der Waals surface area (Å²) in [6.45, 7) is 7.75. The lowest BCUT2D eigenvalue weighted by Crippen LogP contribution is -2.49. The summed E-state index contributed by atoms with van der Waals surface area (Å²) in [4.78, 5) is 15.0. The van der Waals surface area contributed by atoms with Crippen molar-refractivity contribution in [2.45, 2.75) is 76.9 Å². The third kappa shape index (κ3) is 3.83. The monoisotopic (exact) mass is 307 g/mol. The van der Waals surface area contributed by atoms with E-state index in [0.29, 0.717) is 12.1 Å². The molecule has 2 saturated heterocycles. The van der Waals surface area contributed by atoms with E-state index >= 15 is 0 Å². The quantitative estimate of drug-likeness (QED) is 0.836. The molecule has 0 bridgehead atoms. The van der Waals surface area contributed by atoms with Crippen LogP contribution in [0.5, 0.6) is 0 Å². The summed E-state index contributed by atoms with van der Waals surface area (Å²) in [5.74, 6) is 1.83. The molecule has 1 amide bonds. The van der Waals surface area contributed by atoms with E-state index in [9.17, 15) is 4.79 Å². The van der Waals surface area contributed by atoms with E-state index in [0.717, 1.165) is 24.8 Å². The average molecular weight is 307 g/mol. The lowest BCUT2D eigenvalue weighted by Gasteiger charge is -2.35. The first-order valence-electron chi connectivity index (χ1n) is 9.41. The van der Waals surface area contributed by atoms with Crippen LogP contribution in [0.1, 0.15) is 58.8 Å². The fraction of sp³-hybridized carbons (Fsp3) is 0.944. The van der Waals surface area contributed by atoms with Gasteiger partial charge in [-0.15, -0.1) is 0 Å². The SMILES string of the molecule is CC1CCN(C(C)CNC(=O)C2CC3CCCCC3N2)CC1. The largest absolute Gasteiger partial charge is 0.353 e. The first-order chi connectivity index (χ1) is 10.6. The van der Waals surface area contributed by atoms with Crippen LogP contribution in [0.3, 0.4) is 0 Å². The van der Waals surface area contributed by atoms with Crippen molar-refractivity contribution in [3.05, 3.63) is 0 Å². The highest BCUT2D eigenvalue weighted by Crippen LogP contribution is 2.33. The van der Waals surface area contributed by atoms with Gasteiger partial charge in [0.25, 0.3) is 0 Å². The lowest BCUT2D eigenvalue weighted by molar-refractivity contribution is -0.123. The van der Waals surface area contributed by atoms with Crippen LogP contribution in [-0.4, -0.2) is 48.6 Å². The van der Waals surface area contributed by atoms with Crippen molar-refractivity contribution in [1.82, 2.24) is 15.5 Å². The molecule has 0 aromatic rings. The molecule has 3 fully saturated rings. The van der Waals surface area contributed by atoms with Crippen molar-refractivity contribution >= 4 is 5.91 Å². The maximum Gasteiger partial charge on any atom is 0.237 e. The van der Waals surface area contributed by atoms with E-state index < -0.39 is 0 Å². The Kier molecular flexibility index (Phi) is 5.40. The van der Waals surface area contributed by atoms with Gasteiger partial charge in [-0.2, -0.15) is 0 Å². The molecule has 2 aliphatic heterocycles. The Morgan fingerprint density at radius 1 is 1.23 bits per heavy atom. The number of hydrogen-bond acceptors (Lipinski definition) is 3. The van der Waals surface area contributed by atoms with Crippen LogP contribution in [0.15, 0.2) is 0 Å². The maximum atomic E-state index is 12.4. The molecule has 3 aliphatic rings. The molecule has 4 nitrogen and oxygen atoms in total. The summed E-state index contributed by atoms with van der Waals surface area (Å²) in [5, 5.41) is 6.78. The number of likely N-dealkylation sites (tertiary alicyclic amines) is 1. The Bertz CT molecular complexity index is 365. The zero-order valence-corrected chi connectivity index (χ0v) is 14.3. The number of amides is 1. The Hall–Kier alpha value is -0.610. The molecule has 0 spiro atoms. The Balaban J connectivity index is 1.40. The smallest absolute Gasteiger partial charge is 0.237 e. The first kappa shape index (κ1) is 16.3. The van der Waals surface area contributed by atoms with E-state index in [1.807, 2.05) is 0 Å². The number of rotatable bonds is 4. The number of fused-ring (bicyclic) bond motifs is 1. The standard InChI is InChI=1S/C18H33N3O/c1-13-7-9-21(10-8-13)14(2)12-19-18(22)17-11-15-5-3-4-6-16(15)20-17/h13-17,20H,3-12H2,1-2H3,(H,19,22). The Morgan fingerprint density at radius 3 is 2.68 bits per heavy atom. The van der Waals surface area contributed by atoms with Gasteiger partial charge in [0.1, 0.15) is 0 Å². The minimum Gasteiger partial charge on any atom is -0.353 e. The molecule has 2 N–H and O–H groups in total. The van der Waals surface area contributed by atoms with Gasteiger partial charge in [0.15, 0.2) is 0 Å². The third-order valence-electron chi connectivity index (χ3n) is 6.19. The predicted octanol–water partition coefficient (Wildman–Crippen LogP) is 2.14. The zero-order chi connectivity index (χ0) is 15.5. The van der Waals surface area contributed by atoms with E-state index in [4.69, 9.17) is 0 Å². The van der Waals surface area contributed by atoms with E-state index in [-0.39, 0.29) is 11.9 Å². The van der Waals surface area contributed by atoms with Crippen LogP contribution in [0.4, 0.5) is 0 Å². The molecule has 4 atom stereocenters. The van der Waals surface area contributed by atoms with Gasteiger partial charge in [-0.05, 0) is 64.0 Å². The zero-order valence-electron chi connectivity index (χ0n) is 14.3.